The van der Waals surface area contributed by atoms with Gasteiger partial charge in [0.2, 0.25) is 9.84 Å². The molecule has 1 heterocycles. The smallest absolute Gasteiger partial charge is 0.248 e. The van der Waals surface area contributed by atoms with E-state index in [2.05, 4.69) is 9.97 Å². The number of halogens is 2. The molecule has 2 N–H and O–H groups in total. The zero-order valence-corrected chi connectivity index (χ0v) is 16.2. The van der Waals surface area contributed by atoms with Gasteiger partial charge in [-0.3, -0.25) is 10.8 Å². The van der Waals surface area contributed by atoms with Gasteiger partial charge < -0.3 is 0 Å². The Bertz CT molecular complexity index is 959. The lowest BCUT2D eigenvalue weighted by atomic mass is 10.1. The Morgan fingerprint density at radius 2 is 1.62 bits per heavy atom. The molecule has 0 atom stereocenters. The fourth-order valence-corrected chi connectivity index (χ4v) is 4.50. The third kappa shape index (κ3) is 3.72. The summed E-state index contributed by atoms with van der Waals surface area (Å²) in [5.74, 6) is -0.236. The Labute approximate surface area is 153 Å². The number of hydrogen-bond acceptors (Lipinski definition) is 7. The molecule has 0 amide bonds. The predicted octanol–water partition coefficient (Wildman–Crippen LogP) is 4.50. The molecule has 6 nitrogen and oxygen atoms in total. The van der Waals surface area contributed by atoms with E-state index in [1.54, 1.807) is 13.8 Å². The predicted molar refractivity (Wildman–Crippen MR) is 99.6 cm³/mol. The number of nitrogens with one attached hydrogen (secondary N) is 2. The molecule has 24 heavy (non-hydrogen) atoms. The van der Waals surface area contributed by atoms with Crippen LogP contribution in [-0.4, -0.2) is 27.8 Å². The fraction of sp³-hybridized carbons (Fsp3) is 0.286. The van der Waals surface area contributed by atoms with Crippen molar-refractivity contribution in [2.75, 3.05) is 0 Å². The zero-order valence-electron chi connectivity index (χ0n) is 13.0. The van der Waals surface area contributed by atoms with Crippen molar-refractivity contribution >= 4 is 65.3 Å². The van der Waals surface area contributed by atoms with Gasteiger partial charge in [0.05, 0.1) is 31.8 Å². The van der Waals surface area contributed by atoms with Gasteiger partial charge in [0.1, 0.15) is 0 Å². The van der Waals surface area contributed by atoms with Crippen LogP contribution in [0.15, 0.2) is 17.2 Å². The summed E-state index contributed by atoms with van der Waals surface area (Å²) in [6.45, 7) is 4.97. The van der Waals surface area contributed by atoms with Crippen LogP contribution in [0.4, 0.5) is 0 Å². The maximum Gasteiger partial charge on any atom is 0.248 e. The van der Waals surface area contributed by atoms with Gasteiger partial charge in [-0.15, -0.1) is 0 Å². The molecule has 0 fully saturated rings. The first-order chi connectivity index (χ1) is 11.0. The van der Waals surface area contributed by atoms with Crippen LogP contribution in [0.2, 0.25) is 10.0 Å². The van der Waals surface area contributed by atoms with E-state index >= 15 is 0 Å². The van der Waals surface area contributed by atoms with Crippen molar-refractivity contribution in [1.82, 2.24) is 9.97 Å². The number of benzene rings is 1. The highest BCUT2D eigenvalue weighted by molar-refractivity contribution is 8.42. The van der Waals surface area contributed by atoms with Gasteiger partial charge in [0.15, 0.2) is 9.40 Å². The Balaban J connectivity index is 2.76. The number of fused-ring (bicyclic) bond motifs is 1. The van der Waals surface area contributed by atoms with Crippen molar-refractivity contribution in [3.63, 3.8) is 0 Å². The van der Waals surface area contributed by atoms with Crippen LogP contribution >= 0.6 is 35.0 Å². The summed E-state index contributed by atoms with van der Waals surface area (Å²) in [4.78, 5) is 8.54. The number of thioether (sulfide) groups is 1. The standard InChI is InChI=1S/C14H14Cl2N4O2S2/c1-6(2)12-13(24(21,22)14(18)23-7(3)17)20-11-5-9(16)8(15)4-10(11)19-12/h4-6,17-18H,1-3H3. The second kappa shape index (κ2) is 6.95. The molecule has 0 unspecified atom stereocenters. The Kier molecular flexibility index (Phi) is 5.54. The Hall–Kier alpha value is -1.22. The highest BCUT2D eigenvalue weighted by Crippen LogP contribution is 2.31. The zero-order chi connectivity index (χ0) is 18.2. The number of rotatable bonds is 2. The number of nitrogens with zero attached hydrogens (tertiary/aromatic N) is 2. The summed E-state index contributed by atoms with van der Waals surface area (Å²) in [5, 5.41) is 15.4. The first kappa shape index (κ1) is 19.1. The molecule has 0 bridgehead atoms. The van der Waals surface area contributed by atoms with E-state index < -0.39 is 14.2 Å². The molecular formula is C14H14Cl2N4O2S2. The Morgan fingerprint density at radius 1 is 1.12 bits per heavy atom. The Morgan fingerprint density at radius 3 is 2.08 bits per heavy atom. The molecule has 1 aromatic carbocycles. The second-order valence-electron chi connectivity index (χ2n) is 5.27. The van der Waals surface area contributed by atoms with Gasteiger partial charge in [-0.2, -0.15) is 0 Å². The van der Waals surface area contributed by atoms with Gasteiger partial charge in [-0.1, -0.05) is 37.0 Å². The first-order valence-electron chi connectivity index (χ1n) is 6.77. The monoisotopic (exact) mass is 404 g/mol. The molecular weight excluding hydrogens is 391 g/mol. The van der Waals surface area contributed by atoms with Gasteiger partial charge in [0, 0.05) is 0 Å². The topological polar surface area (TPSA) is 108 Å². The largest absolute Gasteiger partial charge is 0.298 e. The van der Waals surface area contributed by atoms with Crippen LogP contribution in [0.1, 0.15) is 32.4 Å². The number of aromatic nitrogens is 2. The van der Waals surface area contributed by atoms with E-state index in [9.17, 15) is 8.42 Å². The van der Waals surface area contributed by atoms with E-state index in [0.29, 0.717) is 22.3 Å². The molecule has 128 valence electrons. The van der Waals surface area contributed by atoms with E-state index in [1.165, 1.54) is 19.1 Å². The van der Waals surface area contributed by atoms with E-state index in [0.717, 1.165) is 0 Å². The molecule has 0 aliphatic rings. The SMILES string of the molecule is CC(=N)SC(=N)S(=O)(=O)c1nc2cc(Cl)c(Cl)cc2nc1C(C)C. The molecule has 10 heteroatoms. The molecule has 0 aliphatic carbocycles. The van der Waals surface area contributed by atoms with E-state index in [-0.39, 0.29) is 32.2 Å². The number of sulfone groups is 1. The van der Waals surface area contributed by atoms with Crippen LogP contribution in [0.25, 0.3) is 11.0 Å². The lowest BCUT2D eigenvalue weighted by Gasteiger charge is -2.13. The maximum atomic E-state index is 12.7. The first-order valence-corrected chi connectivity index (χ1v) is 9.83. The van der Waals surface area contributed by atoms with E-state index in [1.807, 2.05) is 0 Å². The lowest BCUT2D eigenvalue weighted by Crippen LogP contribution is -2.18. The van der Waals surface area contributed by atoms with Gasteiger partial charge in [-0.05, 0) is 36.7 Å². The molecule has 2 aromatic rings. The highest BCUT2D eigenvalue weighted by atomic mass is 35.5. The van der Waals surface area contributed by atoms with E-state index in [4.69, 9.17) is 34.0 Å². The average molecular weight is 405 g/mol. The molecule has 0 aliphatic heterocycles. The highest BCUT2D eigenvalue weighted by Gasteiger charge is 2.29. The molecule has 0 spiro atoms. The maximum absolute atomic E-state index is 12.7. The second-order valence-corrected chi connectivity index (χ2v) is 9.37. The van der Waals surface area contributed by atoms with Crippen LogP contribution < -0.4 is 0 Å². The third-order valence-corrected chi connectivity index (χ3v) is 6.41. The summed E-state index contributed by atoms with van der Waals surface area (Å²) < 4.78 is 24.7. The molecule has 1 aromatic heterocycles. The van der Waals surface area contributed by atoms with Crippen LogP contribution in [-0.2, 0) is 9.84 Å². The minimum Gasteiger partial charge on any atom is -0.298 e. The van der Waals surface area contributed by atoms with Crippen LogP contribution in [0.5, 0.6) is 0 Å². The van der Waals surface area contributed by atoms with Gasteiger partial charge in [-0.25, -0.2) is 18.4 Å². The van der Waals surface area contributed by atoms with Crippen molar-refractivity contribution in [3.8, 4) is 0 Å². The summed E-state index contributed by atoms with van der Waals surface area (Å²) in [6, 6.07) is 2.96. The van der Waals surface area contributed by atoms with Crippen molar-refractivity contribution in [2.45, 2.75) is 31.7 Å². The van der Waals surface area contributed by atoms with Gasteiger partial charge in [0.25, 0.3) is 0 Å². The fourth-order valence-electron chi connectivity index (χ4n) is 1.90. The molecule has 2 rings (SSSR count). The third-order valence-electron chi connectivity index (χ3n) is 2.99. The summed E-state index contributed by atoms with van der Waals surface area (Å²) in [7, 11) is -4.17. The summed E-state index contributed by atoms with van der Waals surface area (Å²) >= 11 is 12.5. The normalized spacial score (nSPS) is 11.9. The minimum absolute atomic E-state index is 0.00162. The molecule has 0 saturated heterocycles. The number of hydrogen-bond donors (Lipinski definition) is 2. The molecule has 0 radical (unpaired) electrons. The summed E-state index contributed by atoms with van der Waals surface area (Å²) in [6.07, 6.45) is 0. The lowest BCUT2D eigenvalue weighted by molar-refractivity contribution is 0.600. The van der Waals surface area contributed by atoms with Crippen molar-refractivity contribution in [2.24, 2.45) is 0 Å². The van der Waals surface area contributed by atoms with Crippen LogP contribution in [0.3, 0.4) is 0 Å². The van der Waals surface area contributed by atoms with Crippen LogP contribution in [0, 0.1) is 10.8 Å². The average Bonchev–Trinajstić information content (AvgIpc) is 2.46. The summed E-state index contributed by atoms with van der Waals surface area (Å²) in [5.41, 5.74) is 0.945. The van der Waals surface area contributed by atoms with Crippen molar-refractivity contribution in [1.29, 1.82) is 10.8 Å². The molecule has 0 saturated carbocycles. The van der Waals surface area contributed by atoms with Gasteiger partial charge >= 0.3 is 0 Å². The quantitative estimate of drug-likeness (QED) is 0.565. The van der Waals surface area contributed by atoms with Crippen molar-refractivity contribution < 1.29 is 8.42 Å². The minimum atomic E-state index is -4.17. The van der Waals surface area contributed by atoms with Crippen molar-refractivity contribution in [3.05, 3.63) is 27.9 Å².